The molecule has 1 saturated heterocycles. The lowest BCUT2D eigenvalue weighted by Crippen LogP contribution is -2.32. The number of hydrogen-bond donors (Lipinski definition) is 1. The number of carbonyl (C=O) groups is 1. The molecule has 1 aliphatic rings. The molecule has 1 aliphatic heterocycles. The summed E-state index contributed by atoms with van der Waals surface area (Å²) in [5, 5.41) is 20.5. The number of carbonyl (C=O) groups excluding carboxylic acids is 1. The molecule has 1 heterocycles. The van der Waals surface area contributed by atoms with E-state index in [1.54, 1.807) is 24.3 Å². The van der Waals surface area contributed by atoms with Gasteiger partial charge in [0.15, 0.2) is 0 Å². The first-order chi connectivity index (χ1) is 10.2. The van der Waals surface area contributed by atoms with Gasteiger partial charge in [0, 0.05) is 13.2 Å². The van der Waals surface area contributed by atoms with Gasteiger partial charge >= 0.3 is 0 Å². The predicted molar refractivity (Wildman–Crippen MR) is 76.7 cm³/mol. The Morgan fingerprint density at radius 1 is 1.38 bits per heavy atom. The largest absolute Gasteiger partial charge is 0.376 e. The van der Waals surface area contributed by atoms with E-state index >= 15 is 0 Å². The van der Waals surface area contributed by atoms with Crippen molar-refractivity contribution >= 4 is 12.0 Å². The molecule has 0 radical (unpaired) electrons. The van der Waals surface area contributed by atoms with Crippen molar-refractivity contribution in [3.8, 4) is 12.1 Å². The molecule has 0 saturated carbocycles. The van der Waals surface area contributed by atoms with Crippen LogP contribution in [0.4, 0.5) is 0 Å². The Hall–Kier alpha value is -2.63. The van der Waals surface area contributed by atoms with Crippen LogP contribution in [0.3, 0.4) is 0 Å². The molecule has 1 aromatic rings. The maximum Gasteiger partial charge on any atom is 0.262 e. The Morgan fingerprint density at radius 2 is 2.14 bits per heavy atom. The highest BCUT2D eigenvalue weighted by Crippen LogP contribution is 2.12. The van der Waals surface area contributed by atoms with Crippen LogP contribution in [0.1, 0.15) is 24.0 Å². The molecule has 2 rings (SSSR count). The van der Waals surface area contributed by atoms with Crippen molar-refractivity contribution in [1.82, 2.24) is 5.32 Å². The fraction of sp³-hybridized carbons (Fsp3) is 0.312. The first-order valence-corrected chi connectivity index (χ1v) is 6.74. The average Bonchev–Trinajstić information content (AvgIpc) is 3.04. The van der Waals surface area contributed by atoms with E-state index in [2.05, 4.69) is 5.32 Å². The van der Waals surface area contributed by atoms with E-state index in [0.717, 1.165) is 19.4 Å². The van der Waals surface area contributed by atoms with Gasteiger partial charge in [0.2, 0.25) is 0 Å². The molecule has 0 aromatic heterocycles. The van der Waals surface area contributed by atoms with Crippen LogP contribution in [-0.2, 0) is 9.53 Å². The molecule has 1 amide bonds. The molecule has 0 aliphatic carbocycles. The molecule has 1 fully saturated rings. The summed E-state index contributed by atoms with van der Waals surface area (Å²) in [4.78, 5) is 11.9. The van der Waals surface area contributed by atoms with Gasteiger partial charge in [0.25, 0.3) is 5.91 Å². The first kappa shape index (κ1) is 14.8. The van der Waals surface area contributed by atoms with Crippen LogP contribution >= 0.6 is 0 Å². The van der Waals surface area contributed by atoms with Gasteiger partial charge < -0.3 is 10.1 Å². The second kappa shape index (κ2) is 7.23. The fourth-order valence-electron chi connectivity index (χ4n) is 2.08. The van der Waals surface area contributed by atoms with E-state index in [9.17, 15) is 4.79 Å². The van der Waals surface area contributed by atoms with Crippen LogP contribution in [0, 0.1) is 22.7 Å². The molecular weight excluding hydrogens is 266 g/mol. The molecule has 106 valence electrons. The van der Waals surface area contributed by atoms with Crippen molar-refractivity contribution < 1.29 is 9.53 Å². The minimum atomic E-state index is -0.405. The number of nitriles is 2. The first-order valence-electron chi connectivity index (χ1n) is 6.74. The highest BCUT2D eigenvalue weighted by molar-refractivity contribution is 6.01. The standard InChI is InChI=1S/C16H15N3O2/c17-9-13-5-3-12(4-6-13)8-14(10-18)16(20)19-11-15-2-1-7-21-15/h3-6,8,15H,1-2,7,11H2,(H,19,20)/b14-8+. The fourth-order valence-corrected chi connectivity index (χ4v) is 2.08. The molecule has 21 heavy (non-hydrogen) atoms. The van der Waals surface area contributed by atoms with Crippen LogP contribution in [0.2, 0.25) is 0 Å². The van der Waals surface area contributed by atoms with Crippen molar-refractivity contribution in [3.05, 3.63) is 41.0 Å². The van der Waals surface area contributed by atoms with Crippen molar-refractivity contribution in [1.29, 1.82) is 10.5 Å². The molecule has 0 bridgehead atoms. The zero-order chi connectivity index (χ0) is 15.1. The summed E-state index contributed by atoms with van der Waals surface area (Å²) in [5.74, 6) is -0.405. The molecule has 1 unspecified atom stereocenters. The van der Waals surface area contributed by atoms with Crippen molar-refractivity contribution in [2.75, 3.05) is 13.2 Å². The van der Waals surface area contributed by atoms with E-state index < -0.39 is 5.91 Å². The second-order valence-electron chi connectivity index (χ2n) is 4.75. The highest BCUT2D eigenvalue weighted by Gasteiger charge is 2.17. The number of rotatable bonds is 4. The number of amides is 1. The van der Waals surface area contributed by atoms with Crippen LogP contribution < -0.4 is 5.32 Å². The molecule has 5 heteroatoms. The van der Waals surface area contributed by atoms with Gasteiger partial charge in [-0.05, 0) is 36.6 Å². The summed E-state index contributed by atoms with van der Waals surface area (Å²) in [7, 11) is 0. The van der Waals surface area contributed by atoms with E-state index in [-0.39, 0.29) is 11.7 Å². The van der Waals surface area contributed by atoms with Crippen LogP contribution in [-0.4, -0.2) is 25.2 Å². The summed E-state index contributed by atoms with van der Waals surface area (Å²) in [6.07, 6.45) is 3.49. The molecule has 0 spiro atoms. The summed E-state index contributed by atoms with van der Waals surface area (Å²) >= 11 is 0. The topological polar surface area (TPSA) is 85.9 Å². The minimum absolute atomic E-state index is 0.0395. The number of hydrogen-bond acceptors (Lipinski definition) is 4. The Labute approximate surface area is 123 Å². The molecule has 5 nitrogen and oxygen atoms in total. The molecule has 1 atom stereocenters. The van der Waals surface area contributed by atoms with Crippen LogP contribution in [0.25, 0.3) is 6.08 Å². The Morgan fingerprint density at radius 3 is 2.71 bits per heavy atom. The van der Waals surface area contributed by atoms with Crippen molar-refractivity contribution in [2.24, 2.45) is 0 Å². The number of ether oxygens (including phenoxy) is 1. The number of benzene rings is 1. The third kappa shape index (κ3) is 4.17. The van der Waals surface area contributed by atoms with Crippen molar-refractivity contribution in [3.63, 3.8) is 0 Å². The van der Waals surface area contributed by atoms with Gasteiger partial charge in [-0.15, -0.1) is 0 Å². The molecular formula is C16H15N3O2. The van der Waals surface area contributed by atoms with E-state index in [1.807, 2.05) is 12.1 Å². The van der Waals surface area contributed by atoms with Crippen LogP contribution in [0.15, 0.2) is 29.8 Å². The second-order valence-corrected chi connectivity index (χ2v) is 4.75. The smallest absolute Gasteiger partial charge is 0.262 e. The van der Waals surface area contributed by atoms with Gasteiger partial charge in [-0.1, -0.05) is 12.1 Å². The highest BCUT2D eigenvalue weighted by atomic mass is 16.5. The molecule has 1 N–H and O–H groups in total. The SMILES string of the molecule is N#C/C(=C\c1ccc(C#N)cc1)C(=O)NCC1CCCO1. The van der Waals surface area contributed by atoms with Gasteiger partial charge in [-0.3, -0.25) is 4.79 Å². The van der Waals surface area contributed by atoms with Gasteiger partial charge in [-0.25, -0.2) is 0 Å². The normalized spacial score (nSPS) is 17.8. The Balaban J connectivity index is 2.00. The van der Waals surface area contributed by atoms with Crippen molar-refractivity contribution in [2.45, 2.75) is 18.9 Å². The van der Waals surface area contributed by atoms with E-state index in [1.165, 1.54) is 6.08 Å². The lowest BCUT2D eigenvalue weighted by Gasteiger charge is -2.10. The summed E-state index contributed by atoms with van der Waals surface area (Å²) in [5.41, 5.74) is 1.28. The lowest BCUT2D eigenvalue weighted by atomic mass is 10.1. The number of nitrogens with one attached hydrogen (secondary N) is 1. The summed E-state index contributed by atoms with van der Waals surface area (Å²) in [6.45, 7) is 1.15. The van der Waals surface area contributed by atoms with E-state index in [4.69, 9.17) is 15.3 Å². The Kier molecular flexibility index (Phi) is 5.09. The minimum Gasteiger partial charge on any atom is -0.376 e. The monoisotopic (exact) mass is 281 g/mol. The number of nitrogens with zero attached hydrogens (tertiary/aromatic N) is 2. The zero-order valence-electron chi connectivity index (χ0n) is 11.5. The molecule has 1 aromatic carbocycles. The Bertz CT molecular complexity index is 614. The summed E-state index contributed by atoms with van der Waals surface area (Å²) < 4.78 is 5.41. The van der Waals surface area contributed by atoms with Gasteiger partial charge in [-0.2, -0.15) is 10.5 Å². The third-order valence-electron chi connectivity index (χ3n) is 3.23. The maximum atomic E-state index is 11.9. The maximum absolute atomic E-state index is 11.9. The lowest BCUT2D eigenvalue weighted by molar-refractivity contribution is -0.117. The van der Waals surface area contributed by atoms with Gasteiger partial charge in [0.05, 0.1) is 17.7 Å². The summed E-state index contributed by atoms with van der Waals surface area (Å²) in [6, 6.07) is 10.6. The zero-order valence-corrected chi connectivity index (χ0v) is 11.5. The van der Waals surface area contributed by atoms with Crippen LogP contribution in [0.5, 0.6) is 0 Å². The van der Waals surface area contributed by atoms with E-state index in [0.29, 0.717) is 17.7 Å². The average molecular weight is 281 g/mol. The quantitative estimate of drug-likeness (QED) is 0.673. The third-order valence-corrected chi connectivity index (χ3v) is 3.23. The van der Waals surface area contributed by atoms with Gasteiger partial charge in [0.1, 0.15) is 11.6 Å². The predicted octanol–water partition coefficient (Wildman–Crippen LogP) is 1.76.